The van der Waals surface area contributed by atoms with Crippen LogP contribution in [0.25, 0.3) is 6.08 Å². The lowest BCUT2D eigenvalue weighted by molar-refractivity contribution is -0.123. The van der Waals surface area contributed by atoms with E-state index in [1.807, 2.05) is 36.4 Å². The van der Waals surface area contributed by atoms with Crippen molar-refractivity contribution in [3.8, 4) is 0 Å². The van der Waals surface area contributed by atoms with Crippen molar-refractivity contribution in [2.75, 3.05) is 0 Å². The van der Waals surface area contributed by atoms with E-state index in [2.05, 4.69) is 5.43 Å². The molecule has 7 heteroatoms. The number of rotatable bonds is 4. The molecule has 120 valence electrons. The van der Waals surface area contributed by atoms with Crippen LogP contribution in [0.15, 0.2) is 64.9 Å². The van der Waals surface area contributed by atoms with Gasteiger partial charge in [0.05, 0.1) is 9.78 Å². The molecule has 24 heavy (non-hydrogen) atoms. The summed E-state index contributed by atoms with van der Waals surface area (Å²) < 4.78 is 0.310. The fourth-order valence-electron chi connectivity index (χ4n) is 1.95. The van der Waals surface area contributed by atoms with Crippen molar-refractivity contribution in [2.24, 2.45) is 0 Å². The molecule has 1 N–H and O–H groups in total. The standard InChI is InChI=1S/C17H12N2O2S3/c20-15(13-10-5-11-23-13)18-19-16(21)14(24-17(19)22)9-4-8-12-6-2-1-3-7-12/h1-11H,(H,18,20)/b8-4-,14-9-. The minimum atomic E-state index is -0.345. The SMILES string of the molecule is O=C(NN1C(=O)/C(=C/C=C\c2ccccc2)SC1=S)c1cccs1. The topological polar surface area (TPSA) is 49.4 Å². The molecule has 0 unspecified atom stereocenters. The third-order valence-electron chi connectivity index (χ3n) is 3.09. The zero-order valence-corrected chi connectivity index (χ0v) is 14.8. The molecule has 4 nitrogen and oxygen atoms in total. The molecule has 0 radical (unpaired) electrons. The largest absolute Gasteiger partial charge is 0.285 e. The Morgan fingerprint density at radius 2 is 1.96 bits per heavy atom. The van der Waals surface area contributed by atoms with Crippen LogP contribution < -0.4 is 5.43 Å². The van der Waals surface area contributed by atoms with Crippen molar-refractivity contribution in [3.63, 3.8) is 0 Å². The van der Waals surface area contributed by atoms with Crippen LogP contribution in [0, 0.1) is 0 Å². The number of hydrazine groups is 1. The molecule has 0 saturated carbocycles. The maximum atomic E-state index is 12.4. The van der Waals surface area contributed by atoms with Crippen molar-refractivity contribution in [2.45, 2.75) is 0 Å². The Morgan fingerprint density at radius 3 is 2.67 bits per heavy atom. The van der Waals surface area contributed by atoms with E-state index in [0.717, 1.165) is 22.3 Å². The van der Waals surface area contributed by atoms with Gasteiger partial charge in [0, 0.05) is 0 Å². The number of amides is 2. The number of carbonyl (C=O) groups is 2. The van der Waals surface area contributed by atoms with Crippen LogP contribution in [0.4, 0.5) is 0 Å². The van der Waals surface area contributed by atoms with E-state index < -0.39 is 0 Å². The summed E-state index contributed by atoms with van der Waals surface area (Å²) in [5.74, 6) is -0.671. The van der Waals surface area contributed by atoms with Crippen LogP contribution in [-0.4, -0.2) is 21.1 Å². The summed E-state index contributed by atoms with van der Waals surface area (Å²) in [6.07, 6.45) is 5.39. The van der Waals surface area contributed by atoms with Gasteiger partial charge in [-0.2, -0.15) is 5.01 Å². The predicted octanol–water partition coefficient (Wildman–Crippen LogP) is 3.85. The number of thioether (sulfide) groups is 1. The molecule has 1 aromatic carbocycles. The molecule has 1 fully saturated rings. The Labute approximate surface area is 152 Å². The van der Waals surface area contributed by atoms with Crippen LogP contribution in [0.3, 0.4) is 0 Å². The van der Waals surface area contributed by atoms with Gasteiger partial charge in [0.2, 0.25) is 0 Å². The molecule has 3 rings (SSSR count). The van der Waals surface area contributed by atoms with Gasteiger partial charge in [-0.15, -0.1) is 11.3 Å². The average molecular weight is 372 g/mol. The molecule has 1 aliphatic rings. The summed E-state index contributed by atoms with van der Waals surface area (Å²) >= 11 is 7.64. The first-order chi connectivity index (χ1) is 11.6. The number of thiophene rings is 1. The smallest absolute Gasteiger partial charge is 0.266 e. The average Bonchev–Trinajstić information content (AvgIpc) is 3.21. The monoisotopic (exact) mass is 372 g/mol. The number of hydrogen-bond donors (Lipinski definition) is 1. The second-order valence-corrected chi connectivity index (χ2v) is 7.35. The number of nitrogens with one attached hydrogen (secondary N) is 1. The van der Waals surface area contributed by atoms with Gasteiger partial charge in [-0.25, -0.2) is 0 Å². The van der Waals surface area contributed by atoms with Crippen molar-refractivity contribution >= 4 is 57.5 Å². The van der Waals surface area contributed by atoms with E-state index in [-0.39, 0.29) is 11.8 Å². The summed E-state index contributed by atoms with van der Waals surface area (Å²) in [4.78, 5) is 25.4. The number of carbonyl (C=O) groups excluding carboxylic acids is 2. The highest BCUT2D eigenvalue weighted by atomic mass is 32.2. The quantitative estimate of drug-likeness (QED) is 0.654. The van der Waals surface area contributed by atoms with Gasteiger partial charge in [-0.1, -0.05) is 60.3 Å². The molecule has 2 heterocycles. The minimum absolute atomic E-state index is 0.310. The summed E-state index contributed by atoms with van der Waals surface area (Å²) in [6, 6.07) is 13.2. The van der Waals surface area contributed by atoms with Crippen LogP contribution >= 0.6 is 35.3 Å². The van der Waals surface area contributed by atoms with E-state index in [0.29, 0.717) is 14.1 Å². The van der Waals surface area contributed by atoms with Crippen molar-refractivity contribution in [3.05, 3.63) is 75.3 Å². The molecule has 0 aliphatic carbocycles. The van der Waals surface area contributed by atoms with Gasteiger partial charge in [0.1, 0.15) is 0 Å². The molecule has 0 atom stereocenters. The van der Waals surface area contributed by atoms with Crippen molar-refractivity contribution < 1.29 is 9.59 Å². The fourth-order valence-corrected chi connectivity index (χ4v) is 3.70. The second-order valence-electron chi connectivity index (χ2n) is 4.73. The molecule has 0 bridgehead atoms. The molecule has 2 amide bonds. The second kappa shape index (κ2) is 7.57. The predicted molar refractivity (Wildman–Crippen MR) is 102 cm³/mol. The van der Waals surface area contributed by atoms with Crippen molar-refractivity contribution in [1.82, 2.24) is 10.4 Å². The lowest BCUT2D eigenvalue weighted by Gasteiger charge is -2.14. The first-order valence-electron chi connectivity index (χ1n) is 6.99. The lowest BCUT2D eigenvalue weighted by atomic mass is 10.2. The fraction of sp³-hybridized carbons (Fsp3) is 0. The van der Waals surface area contributed by atoms with E-state index in [1.54, 1.807) is 29.7 Å². The molecule has 1 aliphatic heterocycles. The van der Waals surface area contributed by atoms with Crippen molar-refractivity contribution in [1.29, 1.82) is 0 Å². The number of thiocarbonyl (C=S) groups is 1. The number of allylic oxidation sites excluding steroid dienone is 2. The zero-order valence-electron chi connectivity index (χ0n) is 12.3. The third kappa shape index (κ3) is 3.81. The van der Waals surface area contributed by atoms with Gasteiger partial charge < -0.3 is 0 Å². The Morgan fingerprint density at radius 1 is 1.17 bits per heavy atom. The summed E-state index contributed by atoms with van der Waals surface area (Å²) in [7, 11) is 0. The van der Waals surface area contributed by atoms with E-state index >= 15 is 0 Å². The number of hydrogen-bond acceptors (Lipinski definition) is 5. The lowest BCUT2D eigenvalue weighted by Crippen LogP contribution is -2.44. The van der Waals surface area contributed by atoms with Gasteiger partial charge in [0.25, 0.3) is 11.8 Å². The Hall–Kier alpha value is -2.22. The first kappa shape index (κ1) is 16.6. The number of benzene rings is 1. The van der Waals surface area contributed by atoms with E-state index in [9.17, 15) is 9.59 Å². The third-order valence-corrected chi connectivity index (χ3v) is 5.28. The molecule has 1 aromatic heterocycles. The Balaban J connectivity index is 1.68. The maximum Gasteiger partial charge on any atom is 0.285 e. The molecule has 0 spiro atoms. The highest BCUT2D eigenvalue weighted by Crippen LogP contribution is 2.29. The van der Waals surface area contributed by atoms with Gasteiger partial charge in [-0.05, 0) is 35.3 Å². The van der Waals surface area contributed by atoms with Crippen LogP contribution in [0.1, 0.15) is 15.2 Å². The van der Waals surface area contributed by atoms with Gasteiger partial charge >= 0.3 is 0 Å². The zero-order chi connectivity index (χ0) is 16.9. The van der Waals surface area contributed by atoms with Gasteiger partial charge in [-0.3, -0.25) is 15.0 Å². The Bertz CT molecular complexity index is 827. The highest BCUT2D eigenvalue weighted by Gasteiger charge is 2.33. The van der Waals surface area contributed by atoms with E-state index in [4.69, 9.17) is 12.2 Å². The molecular formula is C17H12N2O2S3. The van der Waals surface area contributed by atoms with Crippen LogP contribution in [0.5, 0.6) is 0 Å². The maximum absolute atomic E-state index is 12.4. The minimum Gasteiger partial charge on any atom is -0.266 e. The molecule has 1 saturated heterocycles. The number of nitrogens with zero attached hydrogens (tertiary/aromatic N) is 1. The first-order valence-corrected chi connectivity index (χ1v) is 9.10. The summed E-state index contributed by atoms with van der Waals surface area (Å²) in [5.41, 5.74) is 3.58. The normalized spacial score (nSPS) is 16.3. The van der Waals surface area contributed by atoms with Gasteiger partial charge in [0.15, 0.2) is 4.32 Å². The highest BCUT2D eigenvalue weighted by molar-refractivity contribution is 8.26. The summed E-state index contributed by atoms with van der Waals surface area (Å²) in [6.45, 7) is 0. The Kier molecular flexibility index (Phi) is 5.24. The molecule has 2 aromatic rings. The van der Waals surface area contributed by atoms with Crippen LogP contribution in [0.2, 0.25) is 0 Å². The summed E-state index contributed by atoms with van der Waals surface area (Å²) in [5, 5.41) is 2.91. The van der Waals surface area contributed by atoms with E-state index in [1.165, 1.54) is 11.3 Å². The van der Waals surface area contributed by atoms with Crippen LogP contribution in [-0.2, 0) is 4.79 Å². The molecular weight excluding hydrogens is 360 g/mol.